The molecule has 3 aromatic rings. The molecule has 1 aliphatic heterocycles. The number of fused-ring (bicyclic) bond motifs is 1. The van der Waals surface area contributed by atoms with Gasteiger partial charge in [0.05, 0.1) is 28.0 Å². The van der Waals surface area contributed by atoms with Crippen LogP contribution in [0.25, 0.3) is 10.9 Å². The summed E-state index contributed by atoms with van der Waals surface area (Å²) in [5, 5.41) is 4.01. The third-order valence-electron chi connectivity index (χ3n) is 6.66. The Morgan fingerprint density at radius 2 is 1.88 bits per heavy atom. The quantitative estimate of drug-likeness (QED) is 0.537. The van der Waals surface area contributed by atoms with Gasteiger partial charge in [-0.15, -0.1) is 0 Å². The van der Waals surface area contributed by atoms with Crippen LogP contribution in [-0.4, -0.2) is 41.5 Å². The van der Waals surface area contributed by atoms with Gasteiger partial charge in [0, 0.05) is 31.4 Å². The molecule has 11 heteroatoms. The zero-order valence-electron chi connectivity index (χ0n) is 19.2. The summed E-state index contributed by atoms with van der Waals surface area (Å²) in [4.78, 5) is 26.9. The first-order valence-corrected chi connectivity index (χ1v) is 12.9. The fraction of sp³-hybridized carbons (Fsp3) is 0.522. The Morgan fingerprint density at radius 3 is 2.53 bits per heavy atom. The summed E-state index contributed by atoms with van der Waals surface area (Å²) in [7, 11) is -3.81. The van der Waals surface area contributed by atoms with E-state index in [1.165, 1.54) is 12.1 Å². The van der Waals surface area contributed by atoms with E-state index in [9.17, 15) is 18.0 Å². The highest BCUT2D eigenvalue weighted by Gasteiger charge is 2.41. The van der Waals surface area contributed by atoms with E-state index < -0.39 is 26.8 Å². The Hall–Kier alpha value is -2.76. The summed E-state index contributed by atoms with van der Waals surface area (Å²) in [6.45, 7) is 5.18. The maximum atomic E-state index is 13.5. The summed E-state index contributed by atoms with van der Waals surface area (Å²) in [6, 6.07) is 6.05. The van der Waals surface area contributed by atoms with E-state index in [1.54, 1.807) is 23.6 Å². The molecule has 1 N–H and O–H groups in total. The van der Waals surface area contributed by atoms with E-state index in [0.29, 0.717) is 36.7 Å². The average molecular weight is 489 g/mol. The van der Waals surface area contributed by atoms with E-state index in [2.05, 4.69) is 9.88 Å². The van der Waals surface area contributed by atoms with Crippen LogP contribution < -0.4 is 16.0 Å². The van der Waals surface area contributed by atoms with Crippen LogP contribution in [0.5, 0.6) is 0 Å². The van der Waals surface area contributed by atoms with Crippen LogP contribution in [0.4, 0.5) is 0 Å². The number of benzene rings is 1. The normalized spacial score (nSPS) is 18.4. The Labute approximate surface area is 196 Å². The Kier molecular flexibility index (Phi) is 5.73. The molecule has 2 fully saturated rings. The van der Waals surface area contributed by atoms with Crippen LogP contribution in [0.15, 0.2) is 43.3 Å². The van der Waals surface area contributed by atoms with Gasteiger partial charge in [-0.05, 0) is 63.6 Å². The van der Waals surface area contributed by atoms with Gasteiger partial charge in [-0.2, -0.15) is 0 Å². The van der Waals surface area contributed by atoms with Crippen molar-refractivity contribution in [1.82, 2.24) is 19.0 Å². The monoisotopic (exact) mass is 488 g/mol. The summed E-state index contributed by atoms with van der Waals surface area (Å²) in [6.07, 6.45) is 3.16. The summed E-state index contributed by atoms with van der Waals surface area (Å²) >= 11 is 0. The average Bonchev–Trinajstić information content (AvgIpc) is 3.37. The van der Waals surface area contributed by atoms with Crippen molar-refractivity contribution in [2.75, 3.05) is 13.2 Å². The predicted molar refractivity (Wildman–Crippen MR) is 124 cm³/mol. The van der Waals surface area contributed by atoms with Crippen LogP contribution >= 0.6 is 0 Å². The topological polar surface area (TPSA) is 125 Å². The van der Waals surface area contributed by atoms with Gasteiger partial charge in [-0.3, -0.25) is 13.9 Å². The number of hydrogen-bond acceptors (Lipinski definition) is 7. The molecule has 0 atom stereocenters. The molecule has 1 aliphatic carbocycles. The zero-order chi connectivity index (χ0) is 24.1. The van der Waals surface area contributed by atoms with E-state index in [1.807, 2.05) is 6.92 Å². The van der Waals surface area contributed by atoms with Crippen LogP contribution in [0.1, 0.15) is 44.1 Å². The smallest absolute Gasteiger partial charge is 0.331 e. The molecule has 10 nitrogen and oxygen atoms in total. The van der Waals surface area contributed by atoms with Gasteiger partial charge in [0.1, 0.15) is 0 Å². The van der Waals surface area contributed by atoms with Crippen LogP contribution in [0.3, 0.4) is 0 Å². The van der Waals surface area contributed by atoms with Crippen molar-refractivity contribution in [1.29, 1.82) is 0 Å². The molecule has 0 spiro atoms. The van der Waals surface area contributed by atoms with Gasteiger partial charge >= 0.3 is 5.69 Å². The van der Waals surface area contributed by atoms with Gasteiger partial charge < -0.3 is 9.26 Å². The number of ether oxygens (including phenoxy) is 1. The molecular weight excluding hydrogens is 460 g/mol. The SMILES string of the molecule is Cc1cc(Cn2c(=O)c3cc(S(=O)(=O)NC4(C)CC4)ccc3n(CC3CCOCC3)c2=O)on1. The molecule has 34 heavy (non-hydrogen) atoms. The third kappa shape index (κ3) is 4.47. The van der Waals surface area contributed by atoms with Crippen molar-refractivity contribution >= 4 is 20.9 Å². The van der Waals surface area contributed by atoms with Gasteiger partial charge in [-0.25, -0.2) is 17.9 Å². The van der Waals surface area contributed by atoms with E-state index in [4.69, 9.17) is 9.26 Å². The summed E-state index contributed by atoms with van der Waals surface area (Å²) in [5.74, 6) is 0.591. The number of hydrogen-bond donors (Lipinski definition) is 1. The lowest BCUT2D eigenvalue weighted by Gasteiger charge is -2.24. The second-order valence-electron chi connectivity index (χ2n) is 9.62. The maximum absolute atomic E-state index is 13.5. The molecule has 5 rings (SSSR count). The highest BCUT2D eigenvalue weighted by atomic mass is 32.2. The molecule has 3 heterocycles. The number of aromatic nitrogens is 3. The maximum Gasteiger partial charge on any atom is 0.331 e. The standard InChI is InChI=1S/C23H28N4O6S/c1-15-11-17(33-24-15)14-27-21(28)19-12-18(34(30,31)25-23(2)7-8-23)3-4-20(19)26(22(27)29)13-16-5-9-32-10-6-16/h3-4,11-12,16,25H,5-10,13-14H2,1-2H3. The van der Waals surface area contributed by atoms with Gasteiger partial charge in [0.25, 0.3) is 5.56 Å². The highest BCUT2D eigenvalue weighted by molar-refractivity contribution is 7.89. The first kappa shape index (κ1) is 23.0. The van der Waals surface area contributed by atoms with Crippen molar-refractivity contribution in [3.8, 4) is 0 Å². The molecule has 1 saturated carbocycles. The number of nitrogens with one attached hydrogen (secondary N) is 1. The van der Waals surface area contributed by atoms with Crippen molar-refractivity contribution in [2.45, 2.75) is 63.1 Å². The van der Waals surface area contributed by atoms with Crippen LogP contribution in [0.2, 0.25) is 0 Å². The molecular formula is C23H28N4O6S. The molecule has 182 valence electrons. The number of rotatable bonds is 7. The minimum absolute atomic E-state index is 0.00329. The zero-order valence-corrected chi connectivity index (χ0v) is 20.1. The van der Waals surface area contributed by atoms with E-state index in [0.717, 1.165) is 30.3 Å². The minimum Gasteiger partial charge on any atom is -0.381 e. The molecule has 0 unspecified atom stereocenters. The lowest BCUT2D eigenvalue weighted by molar-refractivity contribution is 0.0611. The fourth-order valence-electron chi connectivity index (χ4n) is 4.39. The highest BCUT2D eigenvalue weighted by Crippen LogP contribution is 2.36. The second kappa shape index (κ2) is 8.47. The molecule has 1 aromatic carbocycles. The minimum atomic E-state index is -3.81. The van der Waals surface area contributed by atoms with Crippen molar-refractivity contribution < 1.29 is 17.7 Å². The third-order valence-corrected chi connectivity index (χ3v) is 8.30. The predicted octanol–water partition coefficient (Wildman–Crippen LogP) is 1.77. The molecule has 0 radical (unpaired) electrons. The number of sulfonamides is 1. The molecule has 0 amide bonds. The van der Waals surface area contributed by atoms with Gasteiger partial charge in [-0.1, -0.05) is 5.16 Å². The molecule has 0 bridgehead atoms. The summed E-state index contributed by atoms with van der Waals surface area (Å²) in [5.41, 5.74) is -0.410. The van der Waals surface area contributed by atoms with Crippen LogP contribution in [0, 0.1) is 12.8 Å². The molecule has 2 aliphatic rings. The molecule has 2 aromatic heterocycles. The Morgan fingerprint density at radius 1 is 1.15 bits per heavy atom. The Balaban J connectivity index is 1.65. The largest absolute Gasteiger partial charge is 0.381 e. The Bertz CT molecular complexity index is 1460. The van der Waals surface area contributed by atoms with E-state index >= 15 is 0 Å². The van der Waals surface area contributed by atoms with Gasteiger partial charge in [0.15, 0.2) is 5.76 Å². The second-order valence-corrected chi connectivity index (χ2v) is 11.3. The first-order chi connectivity index (χ1) is 16.2. The number of nitrogens with zero attached hydrogens (tertiary/aromatic N) is 3. The van der Waals surface area contributed by atoms with Gasteiger partial charge in [0.2, 0.25) is 10.0 Å². The van der Waals surface area contributed by atoms with Crippen LogP contribution in [-0.2, 0) is 27.8 Å². The van der Waals surface area contributed by atoms with Crippen molar-refractivity contribution in [2.24, 2.45) is 5.92 Å². The van der Waals surface area contributed by atoms with E-state index in [-0.39, 0.29) is 22.7 Å². The van der Waals surface area contributed by atoms with Crippen molar-refractivity contribution in [3.63, 3.8) is 0 Å². The lowest BCUT2D eigenvalue weighted by Crippen LogP contribution is -2.42. The fourth-order valence-corrected chi connectivity index (χ4v) is 5.88. The first-order valence-electron chi connectivity index (χ1n) is 11.5. The lowest BCUT2D eigenvalue weighted by atomic mass is 10.00. The van der Waals surface area contributed by atoms with Crippen molar-refractivity contribution in [3.05, 3.63) is 56.6 Å². The molecule has 1 saturated heterocycles. The summed E-state index contributed by atoms with van der Waals surface area (Å²) < 4.78 is 42.0. The number of aryl methyl sites for hydroxylation is 1.